The average Bonchev–Trinajstić information content (AvgIpc) is 3.37. The van der Waals surface area contributed by atoms with Gasteiger partial charge < -0.3 is 14.8 Å². The monoisotopic (exact) mass is 413 g/mol. The molecule has 2 fully saturated rings. The summed E-state index contributed by atoms with van der Waals surface area (Å²) >= 11 is 1.84. The third-order valence-corrected chi connectivity index (χ3v) is 6.02. The van der Waals surface area contributed by atoms with E-state index in [-0.39, 0.29) is 18.6 Å². The summed E-state index contributed by atoms with van der Waals surface area (Å²) < 4.78 is 11.3. The van der Waals surface area contributed by atoms with Gasteiger partial charge in [0.25, 0.3) is 5.91 Å². The van der Waals surface area contributed by atoms with Crippen LogP contribution in [0.4, 0.5) is 10.5 Å². The first kappa shape index (κ1) is 19.6. The molecular weight excluding hydrogens is 390 g/mol. The van der Waals surface area contributed by atoms with Gasteiger partial charge in [-0.25, -0.2) is 9.78 Å². The lowest BCUT2D eigenvalue weighted by Crippen LogP contribution is -2.35. The van der Waals surface area contributed by atoms with Gasteiger partial charge in [0.2, 0.25) is 5.88 Å². The van der Waals surface area contributed by atoms with Crippen molar-refractivity contribution in [2.45, 2.75) is 25.6 Å². The van der Waals surface area contributed by atoms with Crippen molar-refractivity contribution in [1.82, 2.24) is 10.3 Å². The molecule has 1 aromatic carbocycles. The number of benzene rings is 1. The van der Waals surface area contributed by atoms with Gasteiger partial charge in [0, 0.05) is 17.6 Å². The fourth-order valence-electron chi connectivity index (χ4n) is 3.29. The Bertz CT molecular complexity index is 884. The second-order valence-corrected chi connectivity index (χ2v) is 8.27. The number of hydrogen-bond donors (Lipinski definition) is 1. The Hall–Kier alpha value is -2.74. The lowest BCUT2D eigenvalue weighted by atomic mass is 10.2. The SMILES string of the molecule is Cc1ccc(N2CC(CNC(=O)c3cccnc3OC3CCSC3)OC2=O)cc1. The van der Waals surface area contributed by atoms with Crippen LogP contribution in [0.25, 0.3) is 0 Å². The number of ether oxygens (including phenoxy) is 2. The number of rotatable bonds is 6. The molecule has 152 valence electrons. The predicted octanol–water partition coefficient (Wildman–Crippen LogP) is 3.03. The molecule has 2 aromatic rings. The fourth-order valence-corrected chi connectivity index (χ4v) is 4.38. The van der Waals surface area contributed by atoms with Crippen LogP contribution in [0.1, 0.15) is 22.3 Å². The normalized spacial score (nSPS) is 21.1. The van der Waals surface area contributed by atoms with E-state index in [1.807, 2.05) is 43.0 Å². The van der Waals surface area contributed by atoms with Crippen molar-refractivity contribution in [1.29, 1.82) is 0 Å². The van der Waals surface area contributed by atoms with Crippen LogP contribution in [0.5, 0.6) is 5.88 Å². The van der Waals surface area contributed by atoms with Crippen molar-refractivity contribution in [3.63, 3.8) is 0 Å². The van der Waals surface area contributed by atoms with Gasteiger partial charge in [-0.2, -0.15) is 11.8 Å². The smallest absolute Gasteiger partial charge is 0.414 e. The van der Waals surface area contributed by atoms with Crippen LogP contribution in [-0.4, -0.2) is 53.8 Å². The number of thioether (sulfide) groups is 1. The number of anilines is 1. The molecular formula is C21H23N3O4S. The Labute approximate surface area is 173 Å². The maximum absolute atomic E-state index is 12.7. The van der Waals surface area contributed by atoms with E-state index in [0.717, 1.165) is 29.2 Å². The van der Waals surface area contributed by atoms with Crippen LogP contribution in [0.15, 0.2) is 42.6 Å². The molecule has 0 spiro atoms. The Morgan fingerprint density at radius 2 is 2.17 bits per heavy atom. The second kappa shape index (κ2) is 8.73. The zero-order valence-corrected chi connectivity index (χ0v) is 17.0. The molecule has 2 atom stereocenters. The van der Waals surface area contributed by atoms with Crippen molar-refractivity contribution in [2.24, 2.45) is 0 Å². The zero-order chi connectivity index (χ0) is 20.2. The van der Waals surface area contributed by atoms with Gasteiger partial charge >= 0.3 is 6.09 Å². The minimum absolute atomic E-state index is 0.0836. The van der Waals surface area contributed by atoms with E-state index in [1.54, 1.807) is 23.2 Å². The molecule has 2 amide bonds. The van der Waals surface area contributed by atoms with Crippen molar-refractivity contribution in [3.8, 4) is 5.88 Å². The first-order valence-corrected chi connectivity index (χ1v) is 10.8. The van der Waals surface area contributed by atoms with Crippen LogP contribution < -0.4 is 15.0 Å². The number of carbonyl (C=O) groups is 2. The number of nitrogens with one attached hydrogen (secondary N) is 1. The van der Waals surface area contributed by atoms with E-state index >= 15 is 0 Å². The molecule has 2 saturated heterocycles. The summed E-state index contributed by atoms with van der Waals surface area (Å²) in [7, 11) is 0. The lowest BCUT2D eigenvalue weighted by Gasteiger charge is -2.15. The summed E-state index contributed by atoms with van der Waals surface area (Å²) in [6.07, 6.45) is 1.83. The minimum Gasteiger partial charge on any atom is -0.473 e. The second-order valence-electron chi connectivity index (χ2n) is 7.12. The van der Waals surface area contributed by atoms with Gasteiger partial charge in [0.15, 0.2) is 0 Å². The zero-order valence-electron chi connectivity index (χ0n) is 16.2. The number of aromatic nitrogens is 1. The molecule has 3 heterocycles. The highest BCUT2D eigenvalue weighted by molar-refractivity contribution is 7.99. The number of amides is 2. The van der Waals surface area contributed by atoms with Gasteiger partial charge in [-0.05, 0) is 43.4 Å². The number of nitrogens with zero attached hydrogens (tertiary/aromatic N) is 2. The predicted molar refractivity (Wildman–Crippen MR) is 112 cm³/mol. The van der Waals surface area contributed by atoms with Gasteiger partial charge in [-0.3, -0.25) is 9.69 Å². The molecule has 29 heavy (non-hydrogen) atoms. The molecule has 2 aliphatic heterocycles. The van der Waals surface area contributed by atoms with E-state index in [1.165, 1.54) is 0 Å². The maximum atomic E-state index is 12.7. The molecule has 8 heteroatoms. The van der Waals surface area contributed by atoms with E-state index in [9.17, 15) is 9.59 Å². The topological polar surface area (TPSA) is 80.8 Å². The number of carbonyl (C=O) groups excluding carboxylic acids is 2. The molecule has 0 aliphatic carbocycles. The maximum Gasteiger partial charge on any atom is 0.414 e. The molecule has 0 saturated carbocycles. The third-order valence-electron chi connectivity index (χ3n) is 4.89. The average molecular weight is 413 g/mol. The Balaban J connectivity index is 1.35. The molecule has 4 rings (SSSR count). The quantitative estimate of drug-likeness (QED) is 0.784. The van der Waals surface area contributed by atoms with Crippen LogP contribution >= 0.6 is 11.8 Å². The van der Waals surface area contributed by atoms with Gasteiger partial charge in [0.1, 0.15) is 17.8 Å². The number of aryl methyl sites for hydroxylation is 1. The van der Waals surface area contributed by atoms with Crippen LogP contribution in [-0.2, 0) is 4.74 Å². The number of hydrogen-bond acceptors (Lipinski definition) is 6. The molecule has 2 aliphatic rings. The molecule has 0 radical (unpaired) electrons. The first-order valence-electron chi connectivity index (χ1n) is 9.62. The molecule has 1 aromatic heterocycles. The van der Waals surface area contributed by atoms with Crippen molar-refractivity contribution >= 4 is 29.4 Å². The summed E-state index contributed by atoms with van der Waals surface area (Å²) in [6.45, 7) is 2.60. The van der Waals surface area contributed by atoms with E-state index in [2.05, 4.69) is 10.3 Å². The summed E-state index contributed by atoms with van der Waals surface area (Å²) in [6, 6.07) is 11.1. The summed E-state index contributed by atoms with van der Waals surface area (Å²) in [5.41, 5.74) is 2.30. The largest absolute Gasteiger partial charge is 0.473 e. The van der Waals surface area contributed by atoms with E-state index in [0.29, 0.717) is 18.0 Å². The van der Waals surface area contributed by atoms with Crippen molar-refractivity contribution < 1.29 is 19.1 Å². The minimum atomic E-state index is -0.417. The standard InChI is InChI=1S/C21H23N3O4S/c1-14-4-6-15(7-5-14)24-12-17(28-21(24)26)11-23-19(25)18-3-2-9-22-20(18)27-16-8-10-29-13-16/h2-7,9,16-17H,8,10-13H2,1H3,(H,23,25). The Morgan fingerprint density at radius 1 is 1.34 bits per heavy atom. The number of pyridine rings is 1. The number of cyclic esters (lactones) is 1. The fraction of sp³-hybridized carbons (Fsp3) is 0.381. The molecule has 7 nitrogen and oxygen atoms in total. The highest BCUT2D eigenvalue weighted by Crippen LogP contribution is 2.25. The van der Waals surface area contributed by atoms with E-state index in [4.69, 9.17) is 9.47 Å². The third kappa shape index (κ3) is 4.64. The van der Waals surface area contributed by atoms with Crippen LogP contribution in [0.3, 0.4) is 0 Å². The molecule has 1 N–H and O–H groups in total. The highest BCUT2D eigenvalue weighted by Gasteiger charge is 2.32. The van der Waals surface area contributed by atoms with Gasteiger partial charge in [-0.1, -0.05) is 17.7 Å². The van der Waals surface area contributed by atoms with E-state index < -0.39 is 12.2 Å². The van der Waals surface area contributed by atoms with Crippen molar-refractivity contribution in [3.05, 3.63) is 53.7 Å². The first-order chi connectivity index (χ1) is 14.1. The van der Waals surface area contributed by atoms with Gasteiger partial charge in [-0.15, -0.1) is 0 Å². The summed E-state index contributed by atoms with van der Waals surface area (Å²) in [5, 5.41) is 2.84. The highest BCUT2D eigenvalue weighted by atomic mass is 32.2. The Kier molecular flexibility index (Phi) is 5.89. The van der Waals surface area contributed by atoms with Crippen molar-refractivity contribution in [2.75, 3.05) is 29.5 Å². The summed E-state index contributed by atoms with van der Waals surface area (Å²) in [5.74, 6) is 2.03. The molecule has 0 bridgehead atoms. The Morgan fingerprint density at radius 3 is 2.93 bits per heavy atom. The van der Waals surface area contributed by atoms with Crippen LogP contribution in [0, 0.1) is 6.92 Å². The summed E-state index contributed by atoms with van der Waals surface area (Å²) in [4.78, 5) is 30.7. The lowest BCUT2D eigenvalue weighted by molar-refractivity contribution is 0.0908. The van der Waals surface area contributed by atoms with Gasteiger partial charge in [0.05, 0.1) is 13.1 Å². The molecule has 2 unspecified atom stereocenters. The van der Waals surface area contributed by atoms with Crippen LogP contribution in [0.2, 0.25) is 0 Å².